The molecule has 28 heavy (non-hydrogen) atoms. The van der Waals surface area contributed by atoms with Gasteiger partial charge in [-0.3, -0.25) is 9.59 Å². The summed E-state index contributed by atoms with van der Waals surface area (Å²) in [6.45, 7) is 2.61. The third-order valence-corrected chi connectivity index (χ3v) is 5.61. The SMILES string of the molecule is Cl.O=C(c1ccccc1)c1ccccc1C(=O)N1CCC(NCC2CC2)CC1. The van der Waals surface area contributed by atoms with Crippen molar-refractivity contribution < 1.29 is 9.59 Å². The Morgan fingerprint density at radius 1 is 0.857 bits per heavy atom. The Hall–Kier alpha value is -2.17. The molecule has 148 valence electrons. The van der Waals surface area contributed by atoms with Gasteiger partial charge >= 0.3 is 0 Å². The predicted molar refractivity (Wildman–Crippen MR) is 113 cm³/mol. The molecule has 1 saturated carbocycles. The van der Waals surface area contributed by atoms with Crippen LogP contribution in [0.1, 0.15) is 52.0 Å². The lowest BCUT2D eigenvalue weighted by atomic mass is 9.96. The Morgan fingerprint density at radius 2 is 1.46 bits per heavy atom. The molecule has 2 aromatic carbocycles. The fourth-order valence-corrected chi connectivity index (χ4v) is 3.72. The second-order valence-corrected chi connectivity index (χ2v) is 7.66. The molecule has 5 heteroatoms. The minimum Gasteiger partial charge on any atom is -0.339 e. The molecule has 1 saturated heterocycles. The van der Waals surface area contributed by atoms with Crippen molar-refractivity contribution in [3.05, 3.63) is 71.3 Å². The quantitative estimate of drug-likeness (QED) is 0.749. The number of amides is 1. The number of ketones is 1. The van der Waals surface area contributed by atoms with Crippen molar-refractivity contribution in [2.24, 2.45) is 5.92 Å². The number of likely N-dealkylation sites (tertiary alicyclic amines) is 1. The number of nitrogens with one attached hydrogen (secondary N) is 1. The molecule has 1 heterocycles. The van der Waals surface area contributed by atoms with Crippen LogP contribution in [0.5, 0.6) is 0 Å². The number of hydrogen-bond donors (Lipinski definition) is 1. The Bertz CT molecular complexity index is 812. The molecule has 2 fully saturated rings. The van der Waals surface area contributed by atoms with Gasteiger partial charge in [-0.05, 0) is 44.2 Å². The van der Waals surface area contributed by atoms with Crippen LogP contribution in [0.15, 0.2) is 54.6 Å². The van der Waals surface area contributed by atoms with Gasteiger partial charge in [0.25, 0.3) is 5.91 Å². The minimum atomic E-state index is -0.0967. The van der Waals surface area contributed by atoms with E-state index in [9.17, 15) is 9.59 Å². The zero-order chi connectivity index (χ0) is 18.6. The molecule has 2 aromatic rings. The summed E-state index contributed by atoms with van der Waals surface area (Å²) in [5.41, 5.74) is 1.61. The maximum atomic E-state index is 13.1. The monoisotopic (exact) mass is 398 g/mol. The summed E-state index contributed by atoms with van der Waals surface area (Å²) in [5.74, 6) is 0.747. The van der Waals surface area contributed by atoms with E-state index in [2.05, 4.69) is 5.32 Å². The van der Waals surface area contributed by atoms with Crippen LogP contribution in [0.4, 0.5) is 0 Å². The van der Waals surface area contributed by atoms with Crippen molar-refractivity contribution in [1.29, 1.82) is 0 Å². The number of benzene rings is 2. The van der Waals surface area contributed by atoms with Crippen LogP contribution in [0.25, 0.3) is 0 Å². The van der Waals surface area contributed by atoms with E-state index in [-0.39, 0.29) is 24.1 Å². The number of piperidine rings is 1. The van der Waals surface area contributed by atoms with Crippen LogP contribution in [-0.2, 0) is 0 Å². The van der Waals surface area contributed by atoms with Gasteiger partial charge in [-0.2, -0.15) is 0 Å². The summed E-state index contributed by atoms with van der Waals surface area (Å²) in [6.07, 6.45) is 4.67. The third kappa shape index (κ3) is 4.81. The lowest BCUT2D eigenvalue weighted by molar-refractivity contribution is 0.0701. The number of carbonyl (C=O) groups is 2. The van der Waals surface area contributed by atoms with Crippen LogP contribution in [0.3, 0.4) is 0 Å². The van der Waals surface area contributed by atoms with E-state index in [1.54, 1.807) is 24.3 Å². The molecule has 0 aromatic heterocycles. The fraction of sp³-hybridized carbons (Fsp3) is 0.391. The molecule has 1 aliphatic heterocycles. The molecular formula is C23H27ClN2O2. The first-order valence-electron chi connectivity index (χ1n) is 9.94. The maximum absolute atomic E-state index is 13.1. The van der Waals surface area contributed by atoms with Gasteiger partial charge in [0.15, 0.2) is 5.78 Å². The Balaban J connectivity index is 0.00000225. The highest BCUT2D eigenvalue weighted by Gasteiger charge is 2.28. The first kappa shape index (κ1) is 20.6. The van der Waals surface area contributed by atoms with Crippen molar-refractivity contribution in [3.63, 3.8) is 0 Å². The Kier molecular flexibility index (Phi) is 6.87. The van der Waals surface area contributed by atoms with E-state index in [1.807, 2.05) is 35.2 Å². The molecule has 0 atom stereocenters. The summed E-state index contributed by atoms with van der Waals surface area (Å²) in [4.78, 5) is 27.9. The summed E-state index contributed by atoms with van der Waals surface area (Å²) in [7, 11) is 0. The van der Waals surface area contributed by atoms with Crippen LogP contribution in [0, 0.1) is 5.92 Å². The Morgan fingerprint density at radius 3 is 2.11 bits per heavy atom. The van der Waals surface area contributed by atoms with Crippen molar-refractivity contribution in [2.45, 2.75) is 31.7 Å². The van der Waals surface area contributed by atoms with Gasteiger partial charge in [-0.1, -0.05) is 48.5 Å². The Labute approximate surface area is 172 Å². The first-order chi connectivity index (χ1) is 13.2. The molecule has 1 amide bonds. The van der Waals surface area contributed by atoms with Gasteiger partial charge in [0.05, 0.1) is 5.56 Å². The molecular weight excluding hydrogens is 372 g/mol. The molecule has 2 aliphatic rings. The molecule has 0 bridgehead atoms. The molecule has 0 radical (unpaired) electrons. The number of hydrogen-bond acceptors (Lipinski definition) is 3. The van der Waals surface area contributed by atoms with Crippen molar-refractivity contribution in [2.75, 3.05) is 19.6 Å². The summed E-state index contributed by atoms with van der Waals surface area (Å²) in [5, 5.41) is 3.64. The van der Waals surface area contributed by atoms with E-state index >= 15 is 0 Å². The molecule has 4 nitrogen and oxygen atoms in total. The van der Waals surface area contributed by atoms with E-state index in [1.165, 1.54) is 12.8 Å². The lowest BCUT2D eigenvalue weighted by Crippen LogP contribution is -2.45. The maximum Gasteiger partial charge on any atom is 0.254 e. The zero-order valence-electron chi connectivity index (χ0n) is 16.0. The molecule has 1 aliphatic carbocycles. The second-order valence-electron chi connectivity index (χ2n) is 7.66. The van der Waals surface area contributed by atoms with Gasteiger partial charge in [-0.15, -0.1) is 12.4 Å². The van der Waals surface area contributed by atoms with Crippen LogP contribution in [-0.4, -0.2) is 42.3 Å². The van der Waals surface area contributed by atoms with Crippen molar-refractivity contribution in [3.8, 4) is 0 Å². The number of nitrogens with zero attached hydrogens (tertiary/aromatic N) is 1. The predicted octanol–water partition coefficient (Wildman–Crippen LogP) is 3.94. The van der Waals surface area contributed by atoms with Crippen LogP contribution >= 0.6 is 12.4 Å². The minimum absolute atomic E-state index is 0. The van der Waals surface area contributed by atoms with E-state index in [0.717, 1.165) is 38.4 Å². The topological polar surface area (TPSA) is 49.4 Å². The normalized spacial score (nSPS) is 17.1. The molecule has 0 unspecified atom stereocenters. The summed E-state index contributed by atoms with van der Waals surface area (Å²) in [6, 6.07) is 16.9. The van der Waals surface area contributed by atoms with Crippen LogP contribution in [0.2, 0.25) is 0 Å². The van der Waals surface area contributed by atoms with Gasteiger partial charge in [-0.25, -0.2) is 0 Å². The van der Waals surface area contributed by atoms with Gasteiger partial charge < -0.3 is 10.2 Å². The average molecular weight is 399 g/mol. The smallest absolute Gasteiger partial charge is 0.254 e. The number of halogens is 1. The van der Waals surface area contributed by atoms with E-state index in [0.29, 0.717) is 22.7 Å². The highest BCUT2D eigenvalue weighted by atomic mass is 35.5. The third-order valence-electron chi connectivity index (χ3n) is 5.61. The summed E-state index contributed by atoms with van der Waals surface area (Å²) >= 11 is 0. The fourth-order valence-electron chi connectivity index (χ4n) is 3.72. The highest BCUT2D eigenvalue weighted by Crippen LogP contribution is 2.28. The standard InChI is InChI=1S/C23H26N2O2.ClH/c26-22(18-6-2-1-3-7-18)20-8-4-5-9-21(20)23(27)25-14-12-19(13-15-25)24-16-17-10-11-17;/h1-9,17,19,24H,10-16H2;1H. The van der Waals surface area contributed by atoms with E-state index < -0.39 is 0 Å². The van der Waals surface area contributed by atoms with E-state index in [4.69, 9.17) is 0 Å². The molecule has 1 N–H and O–H groups in total. The first-order valence-corrected chi connectivity index (χ1v) is 9.94. The van der Waals surface area contributed by atoms with Crippen LogP contribution < -0.4 is 5.32 Å². The second kappa shape index (κ2) is 9.35. The molecule has 0 spiro atoms. The highest BCUT2D eigenvalue weighted by molar-refractivity contribution is 6.15. The van der Waals surface area contributed by atoms with Crippen molar-refractivity contribution in [1.82, 2.24) is 10.2 Å². The molecule has 4 rings (SSSR count). The number of carbonyl (C=O) groups excluding carboxylic acids is 2. The average Bonchev–Trinajstić information content (AvgIpc) is 3.57. The van der Waals surface area contributed by atoms with Gasteiger partial charge in [0, 0.05) is 30.3 Å². The zero-order valence-corrected chi connectivity index (χ0v) is 16.8. The van der Waals surface area contributed by atoms with Crippen molar-refractivity contribution >= 4 is 24.1 Å². The lowest BCUT2D eigenvalue weighted by Gasteiger charge is -2.33. The largest absolute Gasteiger partial charge is 0.339 e. The van der Waals surface area contributed by atoms with Gasteiger partial charge in [0.2, 0.25) is 0 Å². The van der Waals surface area contributed by atoms with Gasteiger partial charge in [0.1, 0.15) is 0 Å². The number of rotatable bonds is 6. The summed E-state index contributed by atoms with van der Waals surface area (Å²) < 4.78 is 0.